The summed E-state index contributed by atoms with van der Waals surface area (Å²) in [5.74, 6) is 1.42. The summed E-state index contributed by atoms with van der Waals surface area (Å²) >= 11 is 0. The molecule has 0 aliphatic carbocycles. The van der Waals surface area contributed by atoms with Gasteiger partial charge in [-0.05, 0) is 43.7 Å². The van der Waals surface area contributed by atoms with E-state index in [9.17, 15) is 4.79 Å². The molecule has 1 aromatic heterocycles. The number of nitrogens with two attached hydrogens (primary N) is 1. The summed E-state index contributed by atoms with van der Waals surface area (Å²) in [6.07, 6.45) is 7.90. The van der Waals surface area contributed by atoms with Crippen LogP contribution >= 0.6 is 24.8 Å². The lowest BCUT2D eigenvalue weighted by Crippen LogP contribution is -2.11. The maximum absolute atomic E-state index is 11.9. The van der Waals surface area contributed by atoms with E-state index < -0.39 is 0 Å². The molecule has 0 radical (unpaired) electrons. The maximum atomic E-state index is 11.9. The van der Waals surface area contributed by atoms with Gasteiger partial charge in [-0.2, -0.15) is 0 Å². The molecule has 1 heterocycles. The summed E-state index contributed by atoms with van der Waals surface area (Å²) in [7, 11) is 0. The minimum Gasteiger partial charge on any atom is -0.457 e. The monoisotopic (exact) mass is 385 g/mol. The zero-order chi connectivity index (χ0) is 16.3. The highest BCUT2D eigenvalue weighted by atomic mass is 35.5. The Morgan fingerprint density at radius 2 is 1.72 bits per heavy atom. The Balaban J connectivity index is 0.00000288. The SMILES string of the molecule is Cl.Cl.NCCCCCCC(=O)Nc1cccc(Oc2ccncc2)c1. The van der Waals surface area contributed by atoms with Gasteiger partial charge in [0.25, 0.3) is 0 Å². The molecule has 25 heavy (non-hydrogen) atoms. The number of hydrogen-bond acceptors (Lipinski definition) is 4. The van der Waals surface area contributed by atoms with Gasteiger partial charge in [0.2, 0.25) is 5.91 Å². The molecule has 0 atom stereocenters. The first kappa shape index (κ1) is 23.2. The number of hydrogen-bond donors (Lipinski definition) is 2. The van der Waals surface area contributed by atoms with Crippen molar-refractivity contribution in [3.63, 3.8) is 0 Å². The van der Waals surface area contributed by atoms with Crippen molar-refractivity contribution >= 4 is 36.4 Å². The summed E-state index contributed by atoms with van der Waals surface area (Å²) in [5, 5.41) is 2.90. The molecule has 0 aliphatic heterocycles. The molecular formula is C18H25Cl2N3O2. The van der Waals surface area contributed by atoms with Crippen LogP contribution in [0.4, 0.5) is 5.69 Å². The van der Waals surface area contributed by atoms with E-state index in [1.54, 1.807) is 24.5 Å². The van der Waals surface area contributed by atoms with Gasteiger partial charge in [0.05, 0.1) is 0 Å². The van der Waals surface area contributed by atoms with Crippen LogP contribution < -0.4 is 15.8 Å². The van der Waals surface area contributed by atoms with Gasteiger partial charge in [0.1, 0.15) is 11.5 Å². The highest BCUT2D eigenvalue weighted by Gasteiger charge is 2.04. The molecule has 7 heteroatoms. The lowest BCUT2D eigenvalue weighted by atomic mass is 10.1. The first-order chi connectivity index (χ1) is 11.3. The summed E-state index contributed by atoms with van der Waals surface area (Å²) in [5.41, 5.74) is 6.19. The van der Waals surface area contributed by atoms with Crippen molar-refractivity contribution in [1.29, 1.82) is 0 Å². The van der Waals surface area contributed by atoms with Gasteiger partial charge < -0.3 is 15.8 Å². The number of aromatic nitrogens is 1. The van der Waals surface area contributed by atoms with Crippen molar-refractivity contribution in [2.45, 2.75) is 32.1 Å². The first-order valence-corrected chi connectivity index (χ1v) is 7.96. The Kier molecular flexibility index (Phi) is 12.5. The smallest absolute Gasteiger partial charge is 0.224 e. The standard InChI is InChI=1S/C18H23N3O2.2ClH/c19-11-4-2-1-3-8-18(22)21-15-6-5-7-17(14-15)23-16-9-12-20-13-10-16;;/h5-7,9-10,12-14H,1-4,8,11,19H2,(H,21,22);2*1H. The number of rotatable bonds is 9. The predicted molar refractivity (Wildman–Crippen MR) is 106 cm³/mol. The fraction of sp³-hybridized carbons (Fsp3) is 0.333. The molecule has 1 amide bonds. The number of benzene rings is 1. The van der Waals surface area contributed by atoms with Crippen LogP contribution in [-0.2, 0) is 4.79 Å². The van der Waals surface area contributed by atoms with Gasteiger partial charge in [-0.3, -0.25) is 9.78 Å². The van der Waals surface area contributed by atoms with Crippen LogP contribution in [0.3, 0.4) is 0 Å². The average Bonchev–Trinajstić information content (AvgIpc) is 2.56. The van der Waals surface area contributed by atoms with Crippen molar-refractivity contribution < 1.29 is 9.53 Å². The lowest BCUT2D eigenvalue weighted by molar-refractivity contribution is -0.116. The Morgan fingerprint density at radius 1 is 1.00 bits per heavy atom. The first-order valence-electron chi connectivity index (χ1n) is 7.96. The summed E-state index contributed by atoms with van der Waals surface area (Å²) in [6.45, 7) is 0.719. The number of carbonyl (C=O) groups excluding carboxylic acids is 1. The number of carbonyl (C=O) groups is 1. The molecule has 0 spiro atoms. The number of nitrogens with one attached hydrogen (secondary N) is 1. The van der Waals surface area contributed by atoms with Crippen LogP contribution in [0.5, 0.6) is 11.5 Å². The highest BCUT2D eigenvalue weighted by Crippen LogP contribution is 2.23. The van der Waals surface area contributed by atoms with Gasteiger partial charge in [-0.15, -0.1) is 24.8 Å². The van der Waals surface area contributed by atoms with Crippen LogP contribution in [-0.4, -0.2) is 17.4 Å². The van der Waals surface area contributed by atoms with Crippen LogP contribution in [0, 0.1) is 0 Å². The Hall–Kier alpha value is -1.82. The van der Waals surface area contributed by atoms with Gasteiger partial charge in [-0.1, -0.05) is 18.9 Å². The largest absolute Gasteiger partial charge is 0.457 e. The Labute approximate surface area is 161 Å². The average molecular weight is 386 g/mol. The van der Waals surface area contributed by atoms with Crippen LogP contribution in [0.25, 0.3) is 0 Å². The molecule has 0 saturated heterocycles. The van der Waals surface area contributed by atoms with Gasteiger partial charge in [0, 0.05) is 30.6 Å². The molecule has 0 unspecified atom stereocenters. The molecule has 2 rings (SSSR count). The second-order valence-electron chi connectivity index (χ2n) is 5.31. The van der Waals surface area contributed by atoms with Crippen molar-refractivity contribution in [3.8, 4) is 11.5 Å². The number of anilines is 1. The molecule has 3 N–H and O–H groups in total. The summed E-state index contributed by atoms with van der Waals surface area (Å²) in [4.78, 5) is 15.9. The van der Waals surface area contributed by atoms with E-state index in [1.807, 2.05) is 24.3 Å². The number of amides is 1. The molecule has 0 saturated carbocycles. The lowest BCUT2D eigenvalue weighted by Gasteiger charge is -2.09. The molecular weight excluding hydrogens is 361 g/mol. The topological polar surface area (TPSA) is 77.2 Å². The van der Waals surface area contributed by atoms with E-state index >= 15 is 0 Å². The van der Waals surface area contributed by atoms with Crippen molar-refractivity contribution in [3.05, 3.63) is 48.8 Å². The number of pyridine rings is 1. The normalized spacial score (nSPS) is 9.48. The molecule has 0 fully saturated rings. The maximum Gasteiger partial charge on any atom is 0.224 e. The van der Waals surface area contributed by atoms with E-state index in [2.05, 4.69) is 10.3 Å². The van der Waals surface area contributed by atoms with E-state index in [-0.39, 0.29) is 30.7 Å². The van der Waals surface area contributed by atoms with E-state index in [4.69, 9.17) is 10.5 Å². The highest BCUT2D eigenvalue weighted by molar-refractivity contribution is 5.90. The van der Waals surface area contributed by atoms with Crippen molar-refractivity contribution in [2.75, 3.05) is 11.9 Å². The molecule has 0 bridgehead atoms. The third-order valence-corrected chi connectivity index (χ3v) is 3.36. The number of unbranched alkanes of at least 4 members (excludes halogenated alkanes) is 3. The molecule has 138 valence electrons. The quantitative estimate of drug-likeness (QED) is 0.619. The molecule has 5 nitrogen and oxygen atoms in total. The molecule has 1 aromatic carbocycles. The Morgan fingerprint density at radius 3 is 2.44 bits per heavy atom. The fourth-order valence-corrected chi connectivity index (χ4v) is 2.19. The van der Waals surface area contributed by atoms with Gasteiger partial charge >= 0.3 is 0 Å². The number of ether oxygens (including phenoxy) is 1. The van der Waals surface area contributed by atoms with Gasteiger partial charge in [-0.25, -0.2) is 0 Å². The second kappa shape index (κ2) is 13.5. The van der Waals surface area contributed by atoms with Crippen LogP contribution in [0.1, 0.15) is 32.1 Å². The molecule has 0 aliphatic rings. The predicted octanol–water partition coefficient (Wildman–Crippen LogP) is 4.57. The second-order valence-corrected chi connectivity index (χ2v) is 5.31. The molecule has 2 aromatic rings. The third kappa shape index (κ3) is 9.29. The minimum absolute atomic E-state index is 0. The fourth-order valence-electron chi connectivity index (χ4n) is 2.19. The zero-order valence-corrected chi connectivity index (χ0v) is 15.7. The third-order valence-electron chi connectivity index (χ3n) is 3.36. The summed E-state index contributed by atoms with van der Waals surface area (Å²) in [6, 6.07) is 10.9. The Bertz CT molecular complexity index is 612. The van der Waals surface area contributed by atoms with Crippen molar-refractivity contribution in [2.24, 2.45) is 5.73 Å². The van der Waals surface area contributed by atoms with Gasteiger partial charge in [0.15, 0.2) is 0 Å². The summed E-state index contributed by atoms with van der Waals surface area (Å²) < 4.78 is 5.72. The van der Waals surface area contributed by atoms with E-state index in [1.165, 1.54) is 0 Å². The van der Waals surface area contributed by atoms with Crippen LogP contribution in [0.15, 0.2) is 48.8 Å². The zero-order valence-electron chi connectivity index (χ0n) is 14.0. The number of nitrogens with zero attached hydrogens (tertiary/aromatic N) is 1. The van der Waals surface area contributed by atoms with E-state index in [0.717, 1.165) is 37.9 Å². The minimum atomic E-state index is 0. The van der Waals surface area contributed by atoms with Crippen LogP contribution in [0.2, 0.25) is 0 Å². The van der Waals surface area contributed by atoms with Crippen molar-refractivity contribution in [1.82, 2.24) is 4.98 Å². The van der Waals surface area contributed by atoms with E-state index in [0.29, 0.717) is 17.9 Å². The number of halogens is 2.